The number of rotatable bonds is 5. The molecule has 1 heteroatoms. The van der Waals surface area contributed by atoms with Gasteiger partial charge in [-0.1, -0.05) is 37.4 Å². The first kappa shape index (κ1) is 16.7. The second-order valence-corrected chi connectivity index (χ2v) is 6.86. The fourth-order valence-electron chi connectivity index (χ4n) is 3.59. The van der Waals surface area contributed by atoms with Crippen molar-refractivity contribution in [1.29, 1.82) is 0 Å². The highest BCUT2D eigenvalue weighted by atomic mass is 19.1. The van der Waals surface area contributed by atoms with Gasteiger partial charge in [-0.3, -0.25) is 0 Å². The molecule has 2 aromatic carbocycles. The predicted molar refractivity (Wildman–Crippen MR) is 102 cm³/mol. The molecule has 24 heavy (non-hydrogen) atoms. The summed E-state index contributed by atoms with van der Waals surface area (Å²) in [7, 11) is 0. The molecule has 0 spiro atoms. The van der Waals surface area contributed by atoms with Crippen LogP contribution in [-0.4, -0.2) is 0 Å². The summed E-state index contributed by atoms with van der Waals surface area (Å²) in [5, 5.41) is 0. The number of allylic oxidation sites excluding steroid dienone is 2. The molecule has 0 amide bonds. The molecule has 0 bridgehead atoms. The summed E-state index contributed by atoms with van der Waals surface area (Å²) >= 11 is 0. The van der Waals surface area contributed by atoms with Crippen LogP contribution in [0.5, 0.6) is 0 Å². The molecule has 0 N–H and O–H groups in total. The van der Waals surface area contributed by atoms with E-state index in [9.17, 15) is 4.39 Å². The molecule has 0 fully saturated rings. The van der Waals surface area contributed by atoms with Crippen molar-refractivity contribution in [1.82, 2.24) is 0 Å². The van der Waals surface area contributed by atoms with Gasteiger partial charge in [0, 0.05) is 0 Å². The van der Waals surface area contributed by atoms with E-state index in [1.165, 1.54) is 48.4 Å². The van der Waals surface area contributed by atoms with Crippen molar-refractivity contribution < 1.29 is 4.39 Å². The number of halogens is 1. The third kappa shape index (κ3) is 3.67. The van der Waals surface area contributed by atoms with Crippen LogP contribution in [0.1, 0.15) is 53.5 Å². The van der Waals surface area contributed by atoms with Gasteiger partial charge in [0.2, 0.25) is 0 Å². The maximum absolute atomic E-state index is 13.3. The van der Waals surface area contributed by atoms with Crippen LogP contribution in [0.3, 0.4) is 0 Å². The molecule has 0 nitrogen and oxygen atoms in total. The van der Waals surface area contributed by atoms with Gasteiger partial charge in [-0.15, -0.1) is 0 Å². The Kier molecular flexibility index (Phi) is 4.99. The average Bonchev–Trinajstić information content (AvgIpc) is 2.59. The lowest BCUT2D eigenvalue weighted by molar-refractivity contribution is 0.627. The number of benzene rings is 2. The Morgan fingerprint density at radius 2 is 1.67 bits per heavy atom. The lowest BCUT2D eigenvalue weighted by Crippen LogP contribution is -2.05. The van der Waals surface area contributed by atoms with Crippen LogP contribution in [-0.2, 0) is 12.8 Å². The topological polar surface area (TPSA) is 0 Å². The quantitative estimate of drug-likeness (QED) is 0.588. The van der Waals surface area contributed by atoms with E-state index in [0.717, 1.165) is 29.6 Å². The normalized spacial score (nSPS) is 13.4. The van der Waals surface area contributed by atoms with Crippen molar-refractivity contribution in [2.45, 2.75) is 45.4 Å². The second-order valence-electron chi connectivity index (χ2n) is 6.86. The minimum Gasteiger partial charge on any atom is -0.207 e. The Balaban J connectivity index is 1.69. The standard InChI is InChI=1S/C23H25F/c1-16(19-8-6-9-22(24)15-19)11-12-17(2)21-13-18(3)23-10-5-4-7-20(23)14-21/h6,8-9,13-15H,1-2,4-5,7,10-12H2,3H3. The Morgan fingerprint density at radius 1 is 0.958 bits per heavy atom. The van der Waals surface area contributed by atoms with Crippen molar-refractivity contribution >= 4 is 11.1 Å². The Bertz CT molecular complexity index is 783. The average molecular weight is 320 g/mol. The van der Waals surface area contributed by atoms with Gasteiger partial charge in [0.25, 0.3) is 0 Å². The van der Waals surface area contributed by atoms with E-state index >= 15 is 0 Å². The zero-order chi connectivity index (χ0) is 17.1. The van der Waals surface area contributed by atoms with E-state index in [1.807, 2.05) is 6.07 Å². The molecule has 1 aliphatic rings. The number of hydrogen-bond donors (Lipinski definition) is 0. The largest absolute Gasteiger partial charge is 0.207 e. The molecular formula is C23H25F. The molecule has 124 valence electrons. The van der Waals surface area contributed by atoms with Crippen LogP contribution in [0, 0.1) is 12.7 Å². The Hall–Kier alpha value is -2.15. The van der Waals surface area contributed by atoms with Gasteiger partial charge in [0.15, 0.2) is 0 Å². The molecule has 0 heterocycles. The number of fused-ring (bicyclic) bond motifs is 1. The molecule has 0 saturated carbocycles. The first-order chi connectivity index (χ1) is 11.5. The molecule has 0 radical (unpaired) electrons. The highest BCUT2D eigenvalue weighted by molar-refractivity contribution is 5.70. The van der Waals surface area contributed by atoms with Crippen LogP contribution in [0.15, 0.2) is 49.6 Å². The van der Waals surface area contributed by atoms with Gasteiger partial charge in [-0.05, 0) is 96.5 Å². The summed E-state index contributed by atoms with van der Waals surface area (Å²) in [5.74, 6) is -0.210. The number of hydrogen-bond acceptors (Lipinski definition) is 0. The fraction of sp³-hybridized carbons (Fsp3) is 0.304. The maximum atomic E-state index is 13.3. The van der Waals surface area contributed by atoms with E-state index in [1.54, 1.807) is 17.7 Å². The molecule has 3 rings (SSSR count). The van der Waals surface area contributed by atoms with Crippen molar-refractivity contribution in [3.63, 3.8) is 0 Å². The zero-order valence-corrected chi connectivity index (χ0v) is 14.5. The summed E-state index contributed by atoms with van der Waals surface area (Å²) in [6.45, 7) is 10.6. The van der Waals surface area contributed by atoms with Crippen LogP contribution in [0.25, 0.3) is 11.1 Å². The summed E-state index contributed by atoms with van der Waals surface area (Å²) in [6.07, 6.45) is 6.66. The fourth-order valence-corrected chi connectivity index (χ4v) is 3.59. The highest BCUT2D eigenvalue weighted by Crippen LogP contribution is 2.30. The van der Waals surface area contributed by atoms with E-state index in [0.29, 0.717) is 0 Å². The first-order valence-corrected chi connectivity index (χ1v) is 8.79. The third-order valence-corrected chi connectivity index (χ3v) is 5.06. The van der Waals surface area contributed by atoms with Gasteiger partial charge in [-0.2, -0.15) is 0 Å². The van der Waals surface area contributed by atoms with Gasteiger partial charge in [0.1, 0.15) is 5.82 Å². The van der Waals surface area contributed by atoms with E-state index in [-0.39, 0.29) is 5.82 Å². The minimum atomic E-state index is -0.210. The van der Waals surface area contributed by atoms with Crippen molar-refractivity contribution in [2.24, 2.45) is 0 Å². The molecular weight excluding hydrogens is 295 g/mol. The van der Waals surface area contributed by atoms with Crippen molar-refractivity contribution in [3.8, 4) is 0 Å². The summed E-state index contributed by atoms with van der Waals surface area (Å²) < 4.78 is 13.3. The maximum Gasteiger partial charge on any atom is 0.123 e. The molecule has 2 aromatic rings. The van der Waals surface area contributed by atoms with Crippen LogP contribution >= 0.6 is 0 Å². The summed E-state index contributed by atoms with van der Waals surface area (Å²) in [4.78, 5) is 0. The molecule has 0 saturated heterocycles. The monoisotopic (exact) mass is 320 g/mol. The highest BCUT2D eigenvalue weighted by Gasteiger charge is 2.14. The SMILES string of the molecule is C=C(CCC(=C)c1cc(C)c2c(c1)CCCC2)c1cccc(F)c1. The number of aryl methyl sites for hydroxylation is 2. The van der Waals surface area contributed by atoms with E-state index in [2.05, 4.69) is 32.2 Å². The van der Waals surface area contributed by atoms with E-state index in [4.69, 9.17) is 0 Å². The van der Waals surface area contributed by atoms with E-state index < -0.39 is 0 Å². The minimum absolute atomic E-state index is 0.210. The predicted octanol–water partition coefficient (Wildman–Crippen LogP) is 6.52. The molecule has 0 atom stereocenters. The van der Waals surface area contributed by atoms with Crippen LogP contribution in [0.4, 0.5) is 4.39 Å². The molecule has 0 unspecified atom stereocenters. The van der Waals surface area contributed by atoms with Crippen molar-refractivity contribution in [2.75, 3.05) is 0 Å². The van der Waals surface area contributed by atoms with Gasteiger partial charge < -0.3 is 0 Å². The van der Waals surface area contributed by atoms with Gasteiger partial charge in [0.05, 0.1) is 0 Å². The van der Waals surface area contributed by atoms with Crippen LogP contribution < -0.4 is 0 Å². The molecule has 0 aromatic heterocycles. The lowest BCUT2D eigenvalue weighted by Gasteiger charge is -2.20. The smallest absolute Gasteiger partial charge is 0.123 e. The summed E-state index contributed by atoms with van der Waals surface area (Å²) in [6, 6.07) is 11.3. The Morgan fingerprint density at radius 3 is 2.42 bits per heavy atom. The lowest BCUT2D eigenvalue weighted by atomic mass is 9.85. The van der Waals surface area contributed by atoms with Gasteiger partial charge >= 0.3 is 0 Å². The van der Waals surface area contributed by atoms with Gasteiger partial charge in [-0.25, -0.2) is 4.39 Å². The molecule has 0 aliphatic heterocycles. The van der Waals surface area contributed by atoms with Crippen LogP contribution in [0.2, 0.25) is 0 Å². The second kappa shape index (κ2) is 7.17. The first-order valence-electron chi connectivity index (χ1n) is 8.79. The third-order valence-electron chi connectivity index (χ3n) is 5.06. The summed E-state index contributed by atoms with van der Waals surface area (Å²) in [5.41, 5.74) is 8.68. The zero-order valence-electron chi connectivity index (χ0n) is 14.5. The Labute approximate surface area is 144 Å². The molecule has 1 aliphatic carbocycles. The van der Waals surface area contributed by atoms with Crippen molar-refractivity contribution in [3.05, 3.63) is 83.2 Å².